The van der Waals surface area contributed by atoms with Crippen LogP contribution in [0.25, 0.3) is 21.9 Å². The Morgan fingerprint density at radius 2 is 1.89 bits per heavy atom. The van der Waals surface area contributed by atoms with Crippen molar-refractivity contribution in [2.24, 2.45) is 5.41 Å². The number of aromatic nitrogens is 2. The Hall–Kier alpha value is -3.46. The fraction of sp³-hybridized carbons (Fsp3) is 0.464. The number of anilines is 2. The minimum Gasteiger partial charge on any atom is -0.474 e. The number of benzene rings is 1. The van der Waals surface area contributed by atoms with Gasteiger partial charge in [-0.3, -0.25) is 5.32 Å². The lowest BCUT2D eigenvalue weighted by atomic mass is 9.69. The topological polar surface area (TPSA) is 97.4 Å². The van der Waals surface area contributed by atoms with E-state index in [0.29, 0.717) is 46.8 Å². The SMILES string of the molecule is CC.Cc1c(-c2cc3cc(NC(=O)OC4CCC5(CC4)CNC5)ncc3cc2F)cnc2c1NCCO2. The van der Waals surface area contributed by atoms with Gasteiger partial charge in [0.05, 0.1) is 0 Å². The second kappa shape index (κ2) is 10.5. The number of nitrogens with one attached hydrogen (secondary N) is 3. The molecule has 1 aromatic carbocycles. The number of halogens is 1. The molecule has 3 N–H and O–H groups in total. The van der Waals surface area contributed by atoms with E-state index in [1.807, 2.05) is 20.8 Å². The van der Waals surface area contributed by atoms with Crippen molar-refractivity contribution in [1.82, 2.24) is 15.3 Å². The van der Waals surface area contributed by atoms with Crippen molar-refractivity contribution in [3.05, 3.63) is 42.0 Å². The zero-order valence-corrected chi connectivity index (χ0v) is 21.6. The highest BCUT2D eigenvalue weighted by Gasteiger charge is 2.41. The van der Waals surface area contributed by atoms with Crippen LogP contribution in [0.3, 0.4) is 0 Å². The first-order valence-electron chi connectivity index (χ1n) is 13.1. The Labute approximate surface area is 216 Å². The average molecular weight is 508 g/mol. The van der Waals surface area contributed by atoms with Crippen LogP contribution in [0.15, 0.2) is 30.6 Å². The Morgan fingerprint density at radius 1 is 1.11 bits per heavy atom. The van der Waals surface area contributed by atoms with Crippen LogP contribution in [0.1, 0.15) is 45.1 Å². The van der Waals surface area contributed by atoms with Crippen LogP contribution in [0.2, 0.25) is 0 Å². The molecule has 9 heteroatoms. The van der Waals surface area contributed by atoms with Crippen LogP contribution in [0.4, 0.5) is 20.7 Å². The molecular weight excluding hydrogens is 473 g/mol. The summed E-state index contributed by atoms with van der Waals surface area (Å²) in [5, 5.41) is 10.8. The van der Waals surface area contributed by atoms with Gasteiger partial charge in [0.1, 0.15) is 30.0 Å². The van der Waals surface area contributed by atoms with Crippen LogP contribution >= 0.6 is 0 Å². The van der Waals surface area contributed by atoms with Gasteiger partial charge in [-0.05, 0) is 67.2 Å². The third-order valence-corrected chi connectivity index (χ3v) is 7.54. The highest BCUT2D eigenvalue weighted by molar-refractivity contribution is 5.92. The predicted molar refractivity (Wildman–Crippen MR) is 143 cm³/mol. The quantitative estimate of drug-likeness (QED) is 0.421. The summed E-state index contributed by atoms with van der Waals surface area (Å²) in [7, 11) is 0. The van der Waals surface area contributed by atoms with Crippen molar-refractivity contribution in [2.75, 3.05) is 36.9 Å². The molecule has 4 heterocycles. The molecule has 37 heavy (non-hydrogen) atoms. The van der Waals surface area contributed by atoms with Crippen LogP contribution < -0.4 is 20.7 Å². The maximum Gasteiger partial charge on any atom is 0.413 e. The minimum absolute atomic E-state index is 0.0700. The number of hydrogen-bond acceptors (Lipinski definition) is 7. The number of carbonyl (C=O) groups excluding carboxylic acids is 1. The standard InChI is InChI=1S/C26H28FN5O3.C2H6/c1-15-20(12-31-24-23(15)29-6-7-34-24)19-8-16-10-22(30-11-17(16)9-21(19)27)32-25(33)35-18-2-4-26(5-3-18)13-28-14-26;1-2/h8-12,18,28-29H,2-7,13-14H2,1H3,(H,30,32,33);1-2H3. The fourth-order valence-electron chi connectivity index (χ4n) is 5.37. The fourth-order valence-corrected chi connectivity index (χ4v) is 5.37. The summed E-state index contributed by atoms with van der Waals surface area (Å²) in [4.78, 5) is 21.2. The number of hydrogen-bond donors (Lipinski definition) is 3. The molecule has 2 aromatic heterocycles. The van der Waals surface area contributed by atoms with Crippen LogP contribution in [0.5, 0.6) is 5.88 Å². The Morgan fingerprint density at radius 3 is 2.62 bits per heavy atom. The van der Waals surface area contributed by atoms with Gasteiger partial charge in [-0.15, -0.1) is 0 Å². The summed E-state index contributed by atoms with van der Waals surface area (Å²) in [6.07, 6.45) is 6.55. The number of pyridine rings is 2. The molecule has 0 bridgehead atoms. The molecule has 6 rings (SSSR count). The summed E-state index contributed by atoms with van der Waals surface area (Å²) >= 11 is 0. The lowest BCUT2D eigenvalue weighted by Gasteiger charge is -2.47. The molecule has 196 valence electrons. The minimum atomic E-state index is -0.507. The maximum atomic E-state index is 15.1. The molecule has 0 unspecified atom stereocenters. The van der Waals surface area contributed by atoms with Crippen LogP contribution in [-0.4, -0.2) is 48.4 Å². The molecule has 3 aromatic rings. The number of amides is 1. The van der Waals surface area contributed by atoms with Crippen molar-refractivity contribution in [3.8, 4) is 17.0 Å². The highest BCUT2D eigenvalue weighted by atomic mass is 19.1. The molecule has 2 fully saturated rings. The first-order chi connectivity index (χ1) is 18.0. The van der Waals surface area contributed by atoms with E-state index in [1.54, 1.807) is 24.5 Å². The number of fused-ring (bicyclic) bond motifs is 2. The van der Waals surface area contributed by atoms with E-state index in [9.17, 15) is 4.79 Å². The van der Waals surface area contributed by atoms with Crippen molar-refractivity contribution < 1.29 is 18.7 Å². The van der Waals surface area contributed by atoms with Gasteiger partial charge in [0.2, 0.25) is 5.88 Å². The van der Waals surface area contributed by atoms with E-state index in [4.69, 9.17) is 9.47 Å². The van der Waals surface area contributed by atoms with E-state index in [-0.39, 0.29) is 11.9 Å². The molecule has 1 saturated heterocycles. The third-order valence-electron chi connectivity index (χ3n) is 7.54. The smallest absolute Gasteiger partial charge is 0.413 e. The third kappa shape index (κ3) is 5.05. The van der Waals surface area contributed by atoms with Crippen molar-refractivity contribution in [3.63, 3.8) is 0 Å². The van der Waals surface area contributed by atoms with E-state index in [2.05, 4.69) is 25.9 Å². The van der Waals surface area contributed by atoms with Crippen molar-refractivity contribution in [1.29, 1.82) is 0 Å². The molecule has 0 atom stereocenters. The van der Waals surface area contributed by atoms with Gasteiger partial charge < -0.3 is 20.1 Å². The molecule has 1 amide bonds. The van der Waals surface area contributed by atoms with Gasteiger partial charge in [0, 0.05) is 48.5 Å². The number of nitrogens with zero attached hydrogens (tertiary/aromatic N) is 2. The van der Waals surface area contributed by atoms with E-state index >= 15 is 4.39 Å². The largest absolute Gasteiger partial charge is 0.474 e. The molecule has 1 aliphatic carbocycles. The predicted octanol–water partition coefficient (Wildman–Crippen LogP) is 5.66. The highest BCUT2D eigenvalue weighted by Crippen LogP contribution is 2.40. The van der Waals surface area contributed by atoms with Crippen LogP contribution in [-0.2, 0) is 4.74 Å². The summed E-state index contributed by atoms with van der Waals surface area (Å²) in [5.41, 5.74) is 3.19. The average Bonchev–Trinajstić information content (AvgIpc) is 2.90. The number of rotatable bonds is 3. The Balaban J connectivity index is 0.00000137. The van der Waals surface area contributed by atoms with Gasteiger partial charge in [0.15, 0.2) is 0 Å². The van der Waals surface area contributed by atoms with Gasteiger partial charge in [-0.1, -0.05) is 13.8 Å². The molecule has 3 aliphatic rings. The van der Waals surface area contributed by atoms with Gasteiger partial charge in [-0.2, -0.15) is 0 Å². The lowest BCUT2D eigenvalue weighted by Crippen LogP contribution is -2.55. The zero-order valence-electron chi connectivity index (χ0n) is 21.6. The van der Waals surface area contributed by atoms with E-state index in [1.165, 1.54) is 6.07 Å². The second-order valence-electron chi connectivity index (χ2n) is 9.83. The molecular formula is C28H34FN5O3. The maximum absolute atomic E-state index is 15.1. The first kappa shape index (κ1) is 25.2. The van der Waals surface area contributed by atoms with E-state index in [0.717, 1.165) is 55.4 Å². The van der Waals surface area contributed by atoms with Gasteiger partial charge in [0.25, 0.3) is 0 Å². The van der Waals surface area contributed by atoms with Crippen molar-refractivity contribution in [2.45, 2.75) is 52.6 Å². The zero-order chi connectivity index (χ0) is 26.0. The summed E-state index contributed by atoms with van der Waals surface area (Å²) in [6, 6.07) is 4.95. The summed E-state index contributed by atoms with van der Waals surface area (Å²) in [5.74, 6) is 0.536. The van der Waals surface area contributed by atoms with E-state index < -0.39 is 6.09 Å². The molecule has 8 nitrogen and oxygen atoms in total. The lowest BCUT2D eigenvalue weighted by molar-refractivity contribution is 0.0205. The Bertz CT molecular complexity index is 1300. The molecule has 2 aliphatic heterocycles. The Kier molecular flexibility index (Phi) is 7.15. The normalized spacial score (nSPS) is 17.9. The summed E-state index contributed by atoms with van der Waals surface area (Å²) < 4.78 is 26.3. The molecule has 1 saturated carbocycles. The molecule has 0 radical (unpaired) electrons. The van der Waals surface area contributed by atoms with Gasteiger partial charge >= 0.3 is 6.09 Å². The summed E-state index contributed by atoms with van der Waals surface area (Å²) in [6.45, 7) is 9.29. The van der Waals surface area contributed by atoms with Crippen molar-refractivity contribution >= 4 is 28.4 Å². The van der Waals surface area contributed by atoms with Crippen LogP contribution in [0, 0.1) is 18.2 Å². The molecule has 1 spiro atoms. The first-order valence-corrected chi connectivity index (χ1v) is 13.1. The number of ether oxygens (including phenoxy) is 2. The monoisotopic (exact) mass is 507 g/mol. The second-order valence-corrected chi connectivity index (χ2v) is 9.83. The van der Waals surface area contributed by atoms with Gasteiger partial charge in [-0.25, -0.2) is 19.2 Å². The number of carbonyl (C=O) groups is 1.